The van der Waals surface area contributed by atoms with Gasteiger partial charge in [-0.1, -0.05) is 18.2 Å². The van der Waals surface area contributed by atoms with E-state index in [0.717, 1.165) is 12.0 Å². The summed E-state index contributed by atoms with van der Waals surface area (Å²) < 4.78 is 23.4. The number of rotatable bonds is 3. The minimum atomic E-state index is -3.23. The van der Waals surface area contributed by atoms with Crippen molar-refractivity contribution in [1.82, 2.24) is 0 Å². The van der Waals surface area contributed by atoms with Gasteiger partial charge in [-0.25, -0.2) is 8.42 Å². The molecule has 0 aliphatic heterocycles. The fourth-order valence-corrected chi connectivity index (χ4v) is 2.53. The third-order valence-corrected chi connectivity index (χ3v) is 4.93. The maximum Gasteiger partial charge on any atom is 0.183 e. The number of sulfone groups is 1. The minimum absolute atomic E-state index is 0.382. The molecule has 0 radical (unpaired) electrons. The van der Waals surface area contributed by atoms with Gasteiger partial charge in [0.05, 0.1) is 9.64 Å². The molecule has 0 heterocycles. The second-order valence-electron chi connectivity index (χ2n) is 4.75. The topological polar surface area (TPSA) is 34.1 Å². The van der Waals surface area contributed by atoms with Gasteiger partial charge in [0.15, 0.2) is 9.84 Å². The lowest BCUT2D eigenvalue weighted by Gasteiger charge is -2.19. The molecule has 0 bridgehead atoms. The zero-order chi connectivity index (χ0) is 12.4. The molecule has 2 nitrogen and oxygen atoms in total. The summed E-state index contributed by atoms with van der Waals surface area (Å²) in [6, 6.07) is 7.00. The summed E-state index contributed by atoms with van der Waals surface area (Å²) in [7, 11) is -3.23. The zero-order valence-corrected chi connectivity index (χ0v) is 10.8. The van der Waals surface area contributed by atoms with E-state index in [1.165, 1.54) is 0 Å². The molecule has 16 heavy (non-hydrogen) atoms. The summed E-state index contributed by atoms with van der Waals surface area (Å²) in [5, 5.41) is 0. The molecule has 0 atom stereocenters. The van der Waals surface area contributed by atoms with E-state index in [2.05, 4.69) is 6.58 Å². The Kier molecular flexibility index (Phi) is 3.58. The Balaban J connectivity index is 3.12. The monoisotopic (exact) mass is 238 g/mol. The van der Waals surface area contributed by atoms with E-state index in [0.29, 0.717) is 4.90 Å². The maximum absolute atomic E-state index is 12.1. The third kappa shape index (κ3) is 2.53. The van der Waals surface area contributed by atoms with Gasteiger partial charge in [-0.2, -0.15) is 0 Å². The largest absolute Gasteiger partial charge is 0.223 e. The molecule has 1 aromatic carbocycles. The first-order valence-corrected chi connectivity index (χ1v) is 6.72. The number of benzene rings is 1. The van der Waals surface area contributed by atoms with Gasteiger partial charge in [0, 0.05) is 0 Å². The molecule has 3 heteroatoms. The van der Waals surface area contributed by atoms with E-state index in [4.69, 9.17) is 0 Å². The second kappa shape index (κ2) is 4.42. The molecule has 1 aromatic rings. The Labute approximate surface area is 97.9 Å². The standard InChI is InChI=1S/C13H18O2S/c1-5-6-11-7-9-12(10-8-11)16(14,15)13(2,3)4/h5,7-10H,1,6H2,2-4H3. The summed E-state index contributed by atoms with van der Waals surface area (Å²) in [6.45, 7) is 8.77. The predicted octanol–water partition coefficient (Wildman–Crippen LogP) is 2.99. The molecule has 0 aromatic heterocycles. The van der Waals surface area contributed by atoms with Crippen LogP contribution in [-0.2, 0) is 16.3 Å². The maximum atomic E-state index is 12.1. The Morgan fingerprint density at radius 1 is 1.19 bits per heavy atom. The van der Waals surface area contributed by atoms with Crippen molar-refractivity contribution in [1.29, 1.82) is 0 Å². The SMILES string of the molecule is C=CCc1ccc(S(=O)(=O)C(C)(C)C)cc1. The fourth-order valence-electron chi connectivity index (χ4n) is 1.32. The van der Waals surface area contributed by atoms with E-state index in [1.807, 2.05) is 12.1 Å². The smallest absolute Gasteiger partial charge is 0.183 e. The van der Waals surface area contributed by atoms with Crippen LogP contribution in [0.3, 0.4) is 0 Å². The molecular weight excluding hydrogens is 220 g/mol. The lowest BCUT2D eigenvalue weighted by molar-refractivity contribution is 0.560. The van der Waals surface area contributed by atoms with Crippen LogP contribution in [-0.4, -0.2) is 13.2 Å². The molecule has 88 valence electrons. The lowest BCUT2D eigenvalue weighted by Crippen LogP contribution is -2.27. The number of hydrogen-bond acceptors (Lipinski definition) is 2. The molecule has 0 aliphatic rings. The summed E-state index contributed by atoms with van der Waals surface area (Å²) in [4.78, 5) is 0.382. The molecule has 0 spiro atoms. The Hall–Kier alpha value is -1.09. The average molecular weight is 238 g/mol. The van der Waals surface area contributed by atoms with Crippen LogP contribution in [0.5, 0.6) is 0 Å². The molecule has 1 rings (SSSR count). The van der Waals surface area contributed by atoms with Gasteiger partial charge in [-0.05, 0) is 44.9 Å². The van der Waals surface area contributed by atoms with E-state index < -0.39 is 14.6 Å². The Morgan fingerprint density at radius 3 is 2.06 bits per heavy atom. The summed E-state index contributed by atoms with van der Waals surface area (Å²) in [6.07, 6.45) is 2.56. The van der Waals surface area contributed by atoms with Gasteiger partial charge in [0.2, 0.25) is 0 Å². The van der Waals surface area contributed by atoms with Crippen LogP contribution in [0.4, 0.5) is 0 Å². The van der Waals surface area contributed by atoms with Gasteiger partial charge in [-0.15, -0.1) is 6.58 Å². The molecular formula is C13H18O2S. The summed E-state index contributed by atoms with van der Waals surface area (Å²) in [5.74, 6) is 0. The van der Waals surface area contributed by atoms with Crippen LogP contribution >= 0.6 is 0 Å². The van der Waals surface area contributed by atoms with Crippen LogP contribution in [0, 0.1) is 0 Å². The van der Waals surface area contributed by atoms with Gasteiger partial charge in [-0.3, -0.25) is 0 Å². The highest BCUT2D eigenvalue weighted by atomic mass is 32.2. The van der Waals surface area contributed by atoms with Crippen LogP contribution in [0.2, 0.25) is 0 Å². The van der Waals surface area contributed by atoms with Crippen molar-refractivity contribution in [2.45, 2.75) is 36.8 Å². The fraction of sp³-hybridized carbons (Fsp3) is 0.385. The van der Waals surface area contributed by atoms with E-state index in [9.17, 15) is 8.42 Å². The van der Waals surface area contributed by atoms with Crippen molar-refractivity contribution < 1.29 is 8.42 Å². The molecule has 0 fully saturated rings. The Bertz CT molecular complexity index is 462. The molecule has 0 saturated heterocycles. The van der Waals surface area contributed by atoms with Gasteiger partial charge in [0.1, 0.15) is 0 Å². The summed E-state index contributed by atoms with van der Waals surface area (Å²) in [5.41, 5.74) is 1.07. The van der Waals surface area contributed by atoms with Crippen molar-refractivity contribution in [2.24, 2.45) is 0 Å². The van der Waals surface area contributed by atoms with Crippen molar-refractivity contribution in [3.05, 3.63) is 42.5 Å². The molecule has 0 saturated carbocycles. The van der Waals surface area contributed by atoms with Crippen LogP contribution in [0.1, 0.15) is 26.3 Å². The highest BCUT2D eigenvalue weighted by Crippen LogP contribution is 2.24. The van der Waals surface area contributed by atoms with Crippen LogP contribution in [0.15, 0.2) is 41.8 Å². The molecule has 0 N–H and O–H groups in total. The van der Waals surface area contributed by atoms with Gasteiger partial charge in [0.25, 0.3) is 0 Å². The van der Waals surface area contributed by atoms with E-state index in [-0.39, 0.29) is 0 Å². The highest BCUT2D eigenvalue weighted by Gasteiger charge is 2.30. The third-order valence-electron chi connectivity index (χ3n) is 2.42. The van der Waals surface area contributed by atoms with Crippen molar-refractivity contribution >= 4 is 9.84 Å². The van der Waals surface area contributed by atoms with Gasteiger partial charge < -0.3 is 0 Å². The number of allylic oxidation sites excluding steroid dienone is 1. The molecule has 0 unspecified atom stereocenters. The van der Waals surface area contributed by atoms with Crippen molar-refractivity contribution in [3.63, 3.8) is 0 Å². The number of hydrogen-bond donors (Lipinski definition) is 0. The quantitative estimate of drug-likeness (QED) is 0.759. The first-order valence-electron chi connectivity index (χ1n) is 5.23. The summed E-state index contributed by atoms with van der Waals surface area (Å²) >= 11 is 0. The van der Waals surface area contributed by atoms with Crippen molar-refractivity contribution in [2.75, 3.05) is 0 Å². The zero-order valence-electron chi connectivity index (χ0n) is 10.0. The molecule has 0 aliphatic carbocycles. The van der Waals surface area contributed by atoms with Crippen molar-refractivity contribution in [3.8, 4) is 0 Å². The van der Waals surface area contributed by atoms with E-state index >= 15 is 0 Å². The first kappa shape index (κ1) is 13.0. The van der Waals surface area contributed by atoms with Crippen LogP contribution in [0.25, 0.3) is 0 Å². The Morgan fingerprint density at radius 2 is 1.69 bits per heavy atom. The minimum Gasteiger partial charge on any atom is -0.223 e. The first-order chi connectivity index (χ1) is 7.29. The lowest BCUT2D eigenvalue weighted by atomic mass is 10.2. The second-order valence-corrected chi connectivity index (χ2v) is 7.46. The predicted molar refractivity (Wildman–Crippen MR) is 67.3 cm³/mol. The normalized spacial score (nSPS) is 12.4. The average Bonchev–Trinajstić information content (AvgIpc) is 2.17. The van der Waals surface area contributed by atoms with Crippen LogP contribution < -0.4 is 0 Å². The van der Waals surface area contributed by atoms with Gasteiger partial charge >= 0.3 is 0 Å². The van der Waals surface area contributed by atoms with E-state index in [1.54, 1.807) is 39.0 Å². The highest BCUT2D eigenvalue weighted by molar-refractivity contribution is 7.92. The molecule has 0 amide bonds.